The smallest absolute Gasteiger partial charge is 0.0931 e. The summed E-state index contributed by atoms with van der Waals surface area (Å²) in [4.78, 5) is 7.37. The zero-order valence-electron chi connectivity index (χ0n) is 11.9. The first-order valence-corrected chi connectivity index (χ1v) is 6.93. The number of aromatic nitrogens is 2. The second-order valence-corrected chi connectivity index (χ2v) is 5.87. The first-order chi connectivity index (χ1) is 9.11. The molecule has 0 amide bonds. The third kappa shape index (κ3) is 4.04. The van der Waals surface area contributed by atoms with Gasteiger partial charge in [0.2, 0.25) is 0 Å². The van der Waals surface area contributed by atoms with E-state index in [-0.39, 0.29) is 5.41 Å². The Morgan fingerprint density at radius 3 is 2.95 bits per heavy atom. The van der Waals surface area contributed by atoms with E-state index < -0.39 is 0 Å². The van der Waals surface area contributed by atoms with E-state index in [1.807, 2.05) is 0 Å². The predicted octanol–water partition coefficient (Wildman–Crippen LogP) is 2.07. The van der Waals surface area contributed by atoms with Crippen LogP contribution in [0, 0.1) is 5.41 Å². The lowest BCUT2D eigenvalue weighted by atomic mass is 9.90. The van der Waals surface area contributed by atoms with Crippen LogP contribution in [0.25, 0.3) is 11.0 Å². The molecule has 1 heterocycles. The molecule has 0 unspecified atom stereocenters. The van der Waals surface area contributed by atoms with Crippen LogP contribution in [-0.2, 0) is 6.42 Å². The summed E-state index contributed by atoms with van der Waals surface area (Å²) in [7, 11) is 0. The van der Waals surface area contributed by atoms with Gasteiger partial charge in [0.25, 0.3) is 0 Å². The van der Waals surface area contributed by atoms with E-state index in [1.54, 1.807) is 6.33 Å². The molecule has 0 aliphatic rings. The van der Waals surface area contributed by atoms with Crippen molar-refractivity contribution in [1.29, 1.82) is 0 Å². The fourth-order valence-corrected chi connectivity index (χ4v) is 2.02. The maximum Gasteiger partial charge on any atom is 0.0931 e. The van der Waals surface area contributed by atoms with Gasteiger partial charge in [-0.25, -0.2) is 4.98 Å². The first-order valence-electron chi connectivity index (χ1n) is 6.93. The van der Waals surface area contributed by atoms with Gasteiger partial charge in [-0.3, -0.25) is 0 Å². The number of hydrogen-bond acceptors (Lipinski definition) is 3. The number of aromatic amines is 1. The highest BCUT2D eigenvalue weighted by atomic mass is 14.9. The highest BCUT2D eigenvalue weighted by Gasteiger charge is 2.14. The predicted molar refractivity (Wildman–Crippen MR) is 80.1 cm³/mol. The van der Waals surface area contributed by atoms with Crippen molar-refractivity contribution < 1.29 is 0 Å². The quantitative estimate of drug-likeness (QED) is 0.668. The van der Waals surface area contributed by atoms with E-state index in [9.17, 15) is 0 Å². The maximum absolute atomic E-state index is 5.72. The van der Waals surface area contributed by atoms with E-state index in [0.29, 0.717) is 0 Å². The van der Waals surface area contributed by atoms with Crippen molar-refractivity contribution in [1.82, 2.24) is 15.3 Å². The minimum atomic E-state index is 0.238. The molecule has 104 valence electrons. The number of H-pyrrole nitrogens is 1. The zero-order chi connectivity index (χ0) is 13.7. The lowest BCUT2D eigenvalue weighted by Gasteiger charge is -2.22. The second kappa shape index (κ2) is 6.17. The van der Waals surface area contributed by atoms with Crippen LogP contribution in [0.5, 0.6) is 0 Å². The molecule has 0 saturated carbocycles. The standard InChI is InChI=1S/C15H24N4/c1-15(2,10-16)6-8-17-7-5-12-3-4-13-14(9-12)19-11-18-13/h3-4,9,11,17H,5-8,10,16H2,1-2H3,(H,18,19). The molecule has 0 bridgehead atoms. The lowest BCUT2D eigenvalue weighted by molar-refractivity contribution is 0.340. The first kappa shape index (κ1) is 14.0. The Kier molecular flexibility index (Phi) is 4.56. The summed E-state index contributed by atoms with van der Waals surface area (Å²) in [6, 6.07) is 6.39. The molecule has 0 atom stereocenters. The summed E-state index contributed by atoms with van der Waals surface area (Å²) in [5.41, 5.74) is 9.43. The molecule has 0 spiro atoms. The molecule has 0 saturated heterocycles. The van der Waals surface area contributed by atoms with Gasteiger partial charge in [-0.15, -0.1) is 0 Å². The van der Waals surface area contributed by atoms with Crippen LogP contribution in [0.2, 0.25) is 0 Å². The molecule has 1 aromatic heterocycles. The van der Waals surface area contributed by atoms with Crippen LogP contribution in [0.1, 0.15) is 25.8 Å². The van der Waals surface area contributed by atoms with Crippen molar-refractivity contribution in [3.8, 4) is 0 Å². The lowest BCUT2D eigenvalue weighted by Crippen LogP contribution is -2.29. The van der Waals surface area contributed by atoms with Gasteiger partial charge < -0.3 is 16.0 Å². The number of fused-ring (bicyclic) bond motifs is 1. The molecule has 1 aromatic carbocycles. The number of imidazole rings is 1. The Hall–Kier alpha value is -1.39. The number of benzene rings is 1. The number of nitrogens with zero attached hydrogens (tertiary/aromatic N) is 1. The molecular formula is C15H24N4. The SMILES string of the molecule is CC(C)(CN)CCNCCc1ccc2nc[nH]c2c1. The van der Waals surface area contributed by atoms with Gasteiger partial charge in [0, 0.05) is 0 Å². The van der Waals surface area contributed by atoms with Gasteiger partial charge >= 0.3 is 0 Å². The van der Waals surface area contributed by atoms with Crippen LogP contribution in [0.4, 0.5) is 0 Å². The summed E-state index contributed by atoms with van der Waals surface area (Å²) in [6.45, 7) is 7.18. The topological polar surface area (TPSA) is 66.7 Å². The largest absolute Gasteiger partial charge is 0.345 e. The summed E-state index contributed by atoms with van der Waals surface area (Å²) in [6.07, 6.45) is 3.89. The van der Waals surface area contributed by atoms with Crippen molar-refractivity contribution in [3.05, 3.63) is 30.1 Å². The van der Waals surface area contributed by atoms with Gasteiger partial charge in [0.15, 0.2) is 0 Å². The van der Waals surface area contributed by atoms with E-state index in [0.717, 1.165) is 43.5 Å². The molecule has 2 rings (SSSR count). The zero-order valence-corrected chi connectivity index (χ0v) is 11.9. The second-order valence-electron chi connectivity index (χ2n) is 5.87. The van der Waals surface area contributed by atoms with Crippen LogP contribution in [-0.4, -0.2) is 29.6 Å². The monoisotopic (exact) mass is 260 g/mol. The summed E-state index contributed by atoms with van der Waals surface area (Å²) >= 11 is 0. The van der Waals surface area contributed by atoms with Gasteiger partial charge in [0.1, 0.15) is 0 Å². The average molecular weight is 260 g/mol. The average Bonchev–Trinajstić information content (AvgIpc) is 2.85. The summed E-state index contributed by atoms with van der Waals surface area (Å²) in [5, 5.41) is 3.48. The van der Waals surface area contributed by atoms with Gasteiger partial charge in [-0.2, -0.15) is 0 Å². The normalized spacial score (nSPS) is 12.2. The van der Waals surface area contributed by atoms with Crippen LogP contribution >= 0.6 is 0 Å². The van der Waals surface area contributed by atoms with Crippen molar-refractivity contribution in [2.45, 2.75) is 26.7 Å². The van der Waals surface area contributed by atoms with Crippen molar-refractivity contribution in [2.75, 3.05) is 19.6 Å². The highest BCUT2D eigenvalue weighted by molar-refractivity contribution is 5.75. The fraction of sp³-hybridized carbons (Fsp3) is 0.533. The Morgan fingerprint density at radius 2 is 2.16 bits per heavy atom. The van der Waals surface area contributed by atoms with Crippen LogP contribution in [0.15, 0.2) is 24.5 Å². The van der Waals surface area contributed by atoms with E-state index in [2.05, 4.69) is 47.3 Å². The Balaban J connectivity index is 1.73. The maximum atomic E-state index is 5.72. The molecule has 0 aliphatic heterocycles. The Labute approximate surface area is 114 Å². The molecule has 2 aromatic rings. The molecule has 19 heavy (non-hydrogen) atoms. The van der Waals surface area contributed by atoms with Gasteiger partial charge in [0.05, 0.1) is 17.4 Å². The van der Waals surface area contributed by atoms with Crippen molar-refractivity contribution in [3.63, 3.8) is 0 Å². The van der Waals surface area contributed by atoms with Crippen molar-refractivity contribution >= 4 is 11.0 Å². The third-order valence-electron chi connectivity index (χ3n) is 3.61. The van der Waals surface area contributed by atoms with E-state index in [4.69, 9.17) is 5.73 Å². The van der Waals surface area contributed by atoms with Crippen molar-refractivity contribution in [2.24, 2.45) is 11.1 Å². The Morgan fingerprint density at radius 1 is 1.32 bits per heavy atom. The molecule has 4 nitrogen and oxygen atoms in total. The van der Waals surface area contributed by atoms with E-state index in [1.165, 1.54) is 5.56 Å². The van der Waals surface area contributed by atoms with E-state index >= 15 is 0 Å². The molecule has 0 fully saturated rings. The van der Waals surface area contributed by atoms with Gasteiger partial charge in [-0.1, -0.05) is 19.9 Å². The number of rotatable bonds is 7. The minimum absolute atomic E-state index is 0.238. The number of nitrogens with one attached hydrogen (secondary N) is 2. The summed E-state index contributed by atoms with van der Waals surface area (Å²) < 4.78 is 0. The van der Waals surface area contributed by atoms with Gasteiger partial charge in [-0.05, 0) is 55.6 Å². The molecule has 0 radical (unpaired) electrons. The number of nitrogens with two attached hydrogens (primary N) is 1. The molecule has 4 N–H and O–H groups in total. The minimum Gasteiger partial charge on any atom is -0.345 e. The van der Waals surface area contributed by atoms with Crippen LogP contribution < -0.4 is 11.1 Å². The fourth-order valence-electron chi connectivity index (χ4n) is 2.02. The third-order valence-corrected chi connectivity index (χ3v) is 3.61. The highest BCUT2D eigenvalue weighted by Crippen LogP contribution is 2.16. The summed E-state index contributed by atoms with van der Waals surface area (Å²) in [5.74, 6) is 0. The molecular weight excluding hydrogens is 236 g/mol. The van der Waals surface area contributed by atoms with Crippen LogP contribution in [0.3, 0.4) is 0 Å². The molecule has 4 heteroatoms. The Bertz CT molecular complexity index is 516. The number of hydrogen-bond donors (Lipinski definition) is 3. The molecule has 0 aliphatic carbocycles.